The lowest BCUT2D eigenvalue weighted by atomic mass is 9.86. The summed E-state index contributed by atoms with van der Waals surface area (Å²) in [5.74, 6) is 0.731. The summed E-state index contributed by atoms with van der Waals surface area (Å²) in [6, 6.07) is 70.5. The summed E-state index contributed by atoms with van der Waals surface area (Å²) < 4.78 is 0. The molecule has 0 N–H and O–H groups in total. The highest BCUT2D eigenvalue weighted by atomic mass is 14.9. The van der Waals surface area contributed by atoms with Crippen LogP contribution in [0.25, 0.3) is 110 Å². The second kappa shape index (κ2) is 13.2. The van der Waals surface area contributed by atoms with E-state index in [1.54, 1.807) is 0 Å². The normalized spacial score (nSPS) is 11.6. The first-order chi connectivity index (χ1) is 27.8. The quantitative estimate of drug-likeness (QED) is 0.131. The van der Waals surface area contributed by atoms with Crippen LogP contribution in [0.2, 0.25) is 0 Å². The summed E-state index contributed by atoms with van der Waals surface area (Å²) in [5, 5.41) is 12.4. The van der Waals surface area contributed by atoms with Crippen LogP contribution in [0.4, 0.5) is 0 Å². The molecule has 56 heavy (non-hydrogen) atoms. The van der Waals surface area contributed by atoms with Gasteiger partial charge in [-0.2, -0.15) is 0 Å². The molecule has 0 aliphatic carbocycles. The maximum Gasteiger partial charge on any atom is 0.160 e. The van der Waals surface area contributed by atoms with E-state index in [1.807, 2.05) is 18.5 Å². The van der Waals surface area contributed by atoms with Crippen molar-refractivity contribution in [1.82, 2.24) is 9.97 Å². The Morgan fingerprint density at radius 1 is 0.268 bits per heavy atom. The first kappa shape index (κ1) is 32.0. The molecule has 260 valence electrons. The van der Waals surface area contributed by atoms with Crippen LogP contribution in [0, 0.1) is 0 Å². The molecular weight excluding hydrogens is 677 g/mol. The van der Waals surface area contributed by atoms with Crippen LogP contribution < -0.4 is 0 Å². The van der Waals surface area contributed by atoms with Gasteiger partial charge in [0, 0.05) is 18.0 Å². The van der Waals surface area contributed by atoms with Crippen LogP contribution >= 0.6 is 0 Å². The van der Waals surface area contributed by atoms with Crippen LogP contribution in [-0.4, -0.2) is 9.97 Å². The zero-order chi connectivity index (χ0) is 37.0. The first-order valence-corrected chi connectivity index (χ1v) is 19.1. The van der Waals surface area contributed by atoms with E-state index in [-0.39, 0.29) is 0 Å². The molecule has 0 atom stereocenters. The van der Waals surface area contributed by atoms with Gasteiger partial charge in [0.15, 0.2) is 5.82 Å². The van der Waals surface area contributed by atoms with E-state index in [4.69, 9.17) is 9.97 Å². The third kappa shape index (κ3) is 5.26. The van der Waals surface area contributed by atoms with Crippen molar-refractivity contribution in [3.63, 3.8) is 0 Å². The Morgan fingerprint density at radius 2 is 0.804 bits per heavy atom. The topological polar surface area (TPSA) is 25.8 Å². The summed E-state index contributed by atoms with van der Waals surface area (Å²) in [6.45, 7) is 0. The summed E-state index contributed by atoms with van der Waals surface area (Å²) in [5.41, 5.74) is 10.6. The van der Waals surface area contributed by atoms with Gasteiger partial charge in [-0.1, -0.05) is 182 Å². The fourth-order valence-corrected chi connectivity index (χ4v) is 8.76. The Hall–Kier alpha value is -7.42. The summed E-state index contributed by atoms with van der Waals surface area (Å²) in [7, 11) is 0. The minimum absolute atomic E-state index is 0.731. The number of hydrogen-bond donors (Lipinski definition) is 0. The Bertz CT molecular complexity index is 3260. The first-order valence-electron chi connectivity index (χ1n) is 19.1. The van der Waals surface area contributed by atoms with E-state index in [9.17, 15) is 0 Å². The second-order valence-electron chi connectivity index (χ2n) is 14.5. The molecule has 11 aromatic rings. The summed E-state index contributed by atoms with van der Waals surface area (Å²) in [6.07, 6.45) is 3.66. The number of aromatic nitrogens is 2. The van der Waals surface area contributed by atoms with Crippen molar-refractivity contribution in [2.45, 2.75) is 0 Å². The maximum atomic E-state index is 4.75. The summed E-state index contributed by atoms with van der Waals surface area (Å²) >= 11 is 0. The molecule has 0 saturated heterocycles. The van der Waals surface area contributed by atoms with E-state index in [1.165, 1.54) is 87.6 Å². The van der Waals surface area contributed by atoms with Gasteiger partial charge >= 0.3 is 0 Å². The molecule has 1 heterocycles. The van der Waals surface area contributed by atoms with Crippen molar-refractivity contribution in [2.75, 3.05) is 0 Å². The summed E-state index contributed by atoms with van der Waals surface area (Å²) in [4.78, 5) is 9.50. The molecule has 0 aliphatic rings. The fourth-order valence-electron chi connectivity index (χ4n) is 8.76. The van der Waals surface area contributed by atoms with Gasteiger partial charge in [0.25, 0.3) is 0 Å². The maximum absolute atomic E-state index is 4.75. The fraction of sp³-hybridized carbons (Fsp3) is 0. The van der Waals surface area contributed by atoms with Gasteiger partial charge in [-0.05, 0) is 111 Å². The number of hydrogen-bond acceptors (Lipinski definition) is 2. The van der Waals surface area contributed by atoms with Crippen molar-refractivity contribution in [1.29, 1.82) is 0 Å². The van der Waals surface area contributed by atoms with Crippen LogP contribution in [0.3, 0.4) is 0 Å². The Balaban J connectivity index is 1.00. The molecule has 0 saturated carbocycles. The third-order valence-electron chi connectivity index (χ3n) is 11.4. The molecule has 0 unspecified atom stereocenters. The lowest BCUT2D eigenvalue weighted by molar-refractivity contribution is 1.18. The number of benzene rings is 10. The molecule has 2 heteroatoms. The van der Waals surface area contributed by atoms with Crippen molar-refractivity contribution < 1.29 is 0 Å². The van der Waals surface area contributed by atoms with Gasteiger partial charge in [-0.3, -0.25) is 0 Å². The SMILES string of the molecule is c1ccc(-c2ccc3c(-c4ccc(-c5ccc(-c6cccc7c6ccc6ccc8ccccc8c67)cc5)cc4)c4ccccc4c(-c4ncccn4)c3c2)cc1. The Kier molecular flexibility index (Phi) is 7.53. The molecule has 0 amide bonds. The van der Waals surface area contributed by atoms with Crippen LogP contribution in [0.5, 0.6) is 0 Å². The van der Waals surface area contributed by atoms with Gasteiger partial charge in [0.05, 0.1) is 0 Å². The Morgan fingerprint density at radius 3 is 1.57 bits per heavy atom. The predicted octanol–water partition coefficient (Wildman–Crippen LogP) is 14.6. The number of rotatable bonds is 5. The van der Waals surface area contributed by atoms with Crippen molar-refractivity contribution >= 4 is 53.9 Å². The minimum Gasteiger partial charge on any atom is -0.237 e. The largest absolute Gasteiger partial charge is 0.237 e. The van der Waals surface area contributed by atoms with E-state index >= 15 is 0 Å². The molecule has 0 bridgehead atoms. The van der Waals surface area contributed by atoms with Crippen LogP contribution in [-0.2, 0) is 0 Å². The van der Waals surface area contributed by atoms with Gasteiger partial charge in [-0.25, -0.2) is 9.97 Å². The number of nitrogens with zero attached hydrogens (tertiary/aromatic N) is 2. The van der Waals surface area contributed by atoms with Crippen LogP contribution in [0.15, 0.2) is 207 Å². The molecule has 0 spiro atoms. The minimum atomic E-state index is 0.731. The lowest BCUT2D eigenvalue weighted by Crippen LogP contribution is -1.94. The van der Waals surface area contributed by atoms with E-state index < -0.39 is 0 Å². The lowest BCUT2D eigenvalue weighted by Gasteiger charge is -2.18. The van der Waals surface area contributed by atoms with Gasteiger partial charge in [0.2, 0.25) is 0 Å². The van der Waals surface area contributed by atoms with Gasteiger partial charge in [-0.15, -0.1) is 0 Å². The zero-order valence-electron chi connectivity index (χ0n) is 30.5. The zero-order valence-corrected chi connectivity index (χ0v) is 30.5. The monoisotopic (exact) mass is 710 g/mol. The smallest absolute Gasteiger partial charge is 0.160 e. The van der Waals surface area contributed by atoms with Crippen LogP contribution in [0.1, 0.15) is 0 Å². The molecule has 2 nitrogen and oxygen atoms in total. The van der Waals surface area contributed by atoms with Gasteiger partial charge in [0.1, 0.15) is 0 Å². The van der Waals surface area contributed by atoms with Crippen molar-refractivity contribution in [3.8, 4) is 55.9 Å². The van der Waals surface area contributed by atoms with Crippen molar-refractivity contribution in [2.24, 2.45) is 0 Å². The standard InChI is InChI=1S/C54H34N2/c1-2-10-35(11-3-1)42-29-31-49-50(34-42)53(54-55-32-9-33-56-54)48-15-7-6-14-47(48)52(49)40-25-20-37(21-26-40)36-18-22-39(23-19-36)43-16-8-17-46-45(43)30-28-41-27-24-38-12-4-5-13-44(38)51(41)46/h1-34H. The van der Waals surface area contributed by atoms with Crippen molar-refractivity contribution in [3.05, 3.63) is 207 Å². The molecule has 1 aromatic heterocycles. The molecule has 0 radical (unpaired) electrons. The highest BCUT2D eigenvalue weighted by Crippen LogP contribution is 2.44. The molecule has 10 aromatic carbocycles. The molecular formula is C54H34N2. The highest BCUT2D eigenvalue weighted by molar-refractivity contribution is 6.23. The number of fused-ring (bicyclic) bond motifs is 7. The van der Waals surface area contributed by atoms with Gasteiger partial charge < -0.3 is 0 Å². The highest BCUT2D eigenvalue weighted by Gasteiger charge is 2.19. The molecule has 0 aliphatic heterocycles. The Labute approximate surface area is 325 Å². The average Bonchev–Trinajstić information content (AvgIpc) is 3.28. The second-order valence-corrected chi connectivity index (χ2v) is 14.5. The van der Waals surface area contributed by atoms with E-state index in [0.717, 1.165) is 22.2 Å². The molecule has 0 fully saturated rings. The average molecular weight is 711 g/mol. The third-order valence-corrected chi connectivity index (χ3v) is 11.4. The van der Waals surface area contributed by atoms with E-state index in [2.05, 4.69) is 188 Å². The molecule has 11 rings (SSSR count). The van der Waals surface area contributed by atoms with E-state index in [0.29, 0.717) is 0 Å². The predicted molar refractivity (Wildman–Crippen MR) is 237 cm³/mol.